The topological polar surface area (TPSA) is 76.1 Å². The molecule has 0 aromatic heterocycles. The smallest absolute Gasteiger partial charge is 0.295 e. The molecule has 0 saturated carbocycles. The van der Waals surface area contributed by atoms with Crippen LogP contribution < -0.4 is 9.47 Å². The summed E-state index contributed by atoms with van der Waals surface area (Å²) < 4.78 is 10.8. The third kappa shape index (κ3) is 5.39. The van der Waals surface area contributed by atoms with Gasteiger partial charge in [0.25, 0.3) is 11.7 Å². The van der Waals surface area contributed by atoms with E-state index in [1.807, 2.05) is 56.3 Å². The molecule has 0 radical (unpaired) electrons. The Morgan fingerprint density at radius 3 is 2.18 bits per heavy atom. The largest absolute Gasteiger partial charge is 0.507 e. The van der Waals surface area contributed by atoms with Crippen molar-refractivity contribution in [1.29, 1.82) is 0 Å². The number of aryl methyl sites for hydroxylation is 2. The van der Waals surface area contributed by atoms with E-state index in [-0.39, 0.29) is 39.6 Å². The van der Waals surface area contributed by atoms with Crippen molar-refractivity contribution >= 4 is 29.1 Å². The van der Waals surface area contributed by atoms with E-state index in [1.54, 1.807) is 0 Å². The monoisotopic (exact) mass is 547 g/mol. The predicted octanol–water partition coefficient (Wildman–Crippen LogP) is 6.89. The molecular weight excluding hydrogens is 514 g/mol. The summed E-state index contributed by atoms with van der Waals surface area (Å²) in [6, 6.07) is 16.1. The Morgan fingerprint density at radius 1 is 0.949 bits per heavy atom. The van der Waals surface area contributed by atoms with Crippen LogP contribution >= 0.6 is 11.6 Å². The van der Waals surface area contributed by atoms with E-state index in [2.05, 4.69) is 20.8 Å². The lowest BCUT2D eigenvalue weighted by Gasteiger charge is -2.27. The molecule has 1 N–H and O–H groups in total. The molecule has 3 aromatic carbocycles. The minimum Gasteiger partial charge on any atom is -0.507 e. The van der Waals surface area contributed by atoms with Crippen LogP contribution in [-0.2, 0) is 21.5 Å². The van der Waals surface area contributed by atoms with Crippen molar-refractivity contribution in [2.75, 3.05) is 14.2 Å². The SMILES string of the molecule is COc1cc(/C(O)=C2\C(=O)C(=O)N(Cc3cc(C)ccc3C)C2c2ccc(C(C)(C)C)cc2)c(OC)cc1Cl. The number of hydrogen-bond acceptors (Lipinski definition) is 5. The van der Waals surface area contributed by atoms with Crippen LogP contribution in [0.1, 0.15) is 60.2 Å². The number of nitrogens with zero attached hydrogens (tertiary/aromatic N) is 1. The molecule has 6 nitrogen and oxygen atoms in total. The van der Waals surface area contributed by atoms with Crippen molar-refractivity contribution < 1.29 is 24.2 Å². The van der Waals surface area contributed by atoms with Crippen LogP contribution in [0.25, 0.3) is 5.76 Å². The van der Waals surface area contributed by atoms with Crippen LogP contribution in [0, 0.1) is 13.8 Å². The van der Waals surface area contributed by atoms with Gasteiger partial charge in [-0.2, -0.15) is 0 Å². The summed E-state index contributed by atoms with van der Waals surface area (Å²) >= 11 is 6.28. The fourth-order valence-corrected chi connectivity index (χ4v) is 5.13. The zero-order valence-corrected chi connectivity index (χ0v) is 24.1. The molecular formula is C32H34ClNO5. The number of aliphatic hydroxyl groups excluding tert-OH is 1. The molecule has 1 atom stereocenters. The molecule has 1 fully saturated rings. The van der Waals surface area contributed by atoms with Gasteiger partial charge in [0.1, 0.15) is 17.3 Å². The van der Waals surface area contributed by atoms with Gasteiger partial charge in [0.2, 0.25) is 0 Å². The normalized spacial score (nSPS) is 17.0. The average Bonchev–Trinajstić information content (AvgIpc) is 3.14. The van der Waals surface area contributed by atoms with E-state index in [1.165, 1.54) is 31.3 Å². The third-order valence-corrected chi connectivity index (χ3v) is 7.50. The number of carbonyl (C=O) groups excluding carboxylic acids is 2. The van der Waals surface area contributed by atoms with Crippen molar-refractivity contribution in [2.24, 2.45) is 0 Å². The Bertz CT molecular complexity index is 1470. The quantitative estimate of drug-likeness (QED) is 0.206. The van der Waals surface area contributed by atoms with Crippen LogP contribution in [0.2, 0.25) is 5.02 Å². The van der Waals surface area contributed by atoms with E-state index >= 15 is 0 Å². The molecule has 7 heteroatoms. The Morgan fingerprint density at radius 2 is 1.59 bits per heavy atom. The van der Waals surface area contributed by atoms with Gasteiger partial charge < -0.3 is 19.5 Å². The van der Waals surface area contributed by atoms with E-state index in [0.717, 1.165) is 22.3 Å². The van der Waals surface area contributed by atoms with Crippen LogP contribution in [0.5, 0.6) is 11.5 Å². The van der Waals surface area contributed by atoms with Crippen molar-refractivity contribution in [3.8, 4) is 11.5 Å². The summed E-state index contributed by atoms with van der Waals surface area (Å²) in [6.07, 6.45) is 0. The lowest BCUT2D eigenvalue weighted by Crippen LogP contribution is -2.29. The van der Waals surface area contributed by atoms with Crippen molar-refractivity contribution in [2.45, 2.75) is 52.6 Å². The minimum atomic E-state index is -0.815. The number of ether oxygens (including phenoxy) is 2. The number of halogens is 1. The maximum Gasteiger partial charge on any atom is 0.295 e. The molecule has 3 aromatic rings. The van der Waals surface area contributed by atoms with Gasteiger partial charge in [-0.05, 0) is 47.6 Å². The number of likely N-dealkylation sites (tertiary alicyclic amines) is 1. The molecule has 1 saturated heterocycles. The third-order valence-electron chi connectivity index (χ3n) is 7.21. The highest BCUT2D eigenvalue weighted by molar-refractivity contribution is 6.46. The second-order valence-electron chi connectivity index (χ2n) is 10.9. The van der Waals surface area contributed by atoms with Gasteiger partial charge in [0, 0.05) is 12.6 Å². The van der Waals surface area contributed by atoms with Crippen LogP contribution in [0.15, 0.2) is 60.2 Å². The molecule has 1 amide bonds. The lowest BCUT2D eigenvalue weighted by atomic mass is 9.85. The van der Waals surface area contributed by atoms with Gasteiger partial charge in [-0.25, -0.2) is 0 Å². The Kier molecular flexibility index (Phi) is 7.80. The van der Waals surface area contributed by atoms with Crippen molar-refractivity contribution in [3.05, 3.63) is 98.6 Å². The first-order valence-corrected chi connectivity index (χ1v) is 13.1. The molecule has 1 aliphatic rings. The maximum atomic E-state index is 13.6. The fourth-order valence-electron chi connectivity index (χ4n) is 4.90. The zero-order chi connectivity index (χ0) is 28.6. The van der Waals surface area contributed by atoms with Crippen LogP contribution in [0.3, 0.4) is 0 Å². The summed E-state index contributed by atoms with van der Waals surface area (Å²) in [6.45, 7) is 10.5. The van der Waals surface area contributed by atoms with Gasteiger partial charge in [-0.15, -0.1) is 0 Å². The van der Waals surface area contributed by atoms with Gasteiger partial charge in [-0.3, -0.25) is 9.59 Å². The van der Waals surface area contributed by atoms with Gasteiger partial charge in [0.05, 0.1) is 36.4 Å². The molecule has 204 valence electrons. The van der Waals surface area contributed by atoms with E-state index in [0.29, 0.717) is 11.3 Å². The number of Topliss-reactive ketones (excluding diaryl/α,β-unsaturated/α-hetero) is 1. The standard InChI is InChI=1S/C32H34ClNO5/c1-18-8-9-19(2)21(14-18)17-34-28(20-10-12-22(13-11-20)32(3,4)5)27(30(36)31(34)37)29(35)23-15-26(39-7)24(33)16-25(23)38-6/h8-16,28,35H,17H2,1-7H3/b29-27+. The summed E-state index contributed by atoms with van der Waals surface area (Å²) in [5.74, 6) is -1.25. The first kappa shape index (κ1) is 28.2. The highest BCUT2D eigenvalue weighted by Crippen LogP contribution is 2.44. The molecule has 39 heavy (non-hydrogen) atoms. The number of rotatable bonds is 6. The second kappa shape index (κ2) is 10.8. The minimum absolute atomic E-state index is 0.0171. The van der Waals surface area contributed by atoms with Gasteiger partial charge in [-0.1, -0.05) is 80.4 Å². The second-order valence-corrected chi connectivity index (χ2v) is 11.3. The number of carbonyl (C=O) groups is 2. The lowest BCUT2D eigenvalue weighted by molar-refractivity contribution is -0.140. The Hall–Kier alpha value is -3.77. The van der Waals surface area contributed by atoms with Gasteiger partial charge >= 0.3 is 0 Å². The van der Waals surface area contributed by atoms with E-state index in [4.69, 9.17) is 21.1 Å². The molecule has 1 unspecified atom stereocenters. The first-order valence-electron chi connectivity index (χ1n) is 12.7. The molecule has 0 spiro atoms. The Balaban J connectivity index is 1.94. The number of hydrogen-bond donors (Lipinski definition) is 1. The molecule has 0 aliphatic carbocycles. The highest BCUT2D eigenvalue weighted by Gasteiger charge is 2.46. The van der Waals surface area contributed by atoms with E-state index in [9.17, 15) is 14.7 Å². The molecule has 1 heterocycles. The van der Waals surface area contributed by atoms with Crippen LogP contribution in [-0.4, -0.2) is 35.9 Å². The highest BCUT2D eigenvalue weighted by atomic mass is 35.5. The summed E-state index contributed by atoms with van der Waals surface area (Å²) in [5, 5.41) is 11.9. The van der Waals surface area contributed by atoms with Crippen LogP contribution in [0.4, 0.5) is 0 Å². The molecule has 4 rings (SSSR count). The van der Waals surface area contributed by atoms with Gasteiger partial charge in [0.15, 0.2) is 0 Å². The zero-order valence-electron chi connectivity index (χ0n) is 23.4. The summed E-state index contributed by atoms with van der Waals surface area (Å²) in [5.41, 5.74) is 4.93. The number of aliphatic hydroxyl groups is 1. The number of benzene rings is 3. The summed E-state index contributed by atoms with van der Waals surface area (Å²) in [7, 11) is 2.90. The predicted molar refractivity (Wildman–Crippen MR) is 153 cm³/mol. The first-order chi connectivity index (χ1) is 18.4. The number of amides is 1. The average molecular weight is 548 g/mol. The van der Waals surface area contributed by atoms with Crippen molar-refractivity contribution in [1.82, 2.24) is 4.90 Å². The molecule has 1 aliphatic heterocycles. The number of methoxy groups -OCH3 is 2. The fraction of sp³-hybridized carbons (Fsp3) is 0.312. The Labute approximate surface area is 234 Å². The molecule has 0 bridgehead atoms. The number of ketones is 1. The van der Waals surface area contributed by atoms with Crippen molar-refractivity contribution in [3.63, 3.8) is 0 Å². The maximum absolute atomic E-state index is 13.6. The summed E-state index contributed by atoms with van der Waals surface area (Å²) in [4.78, 5) is 28.7. The van der Waals surface area contributed by atoms with E-state index < -0.39 is 17.7 Å².